The molecule has 17 heavy (non-hydrogen) atoms. The quantitative estimate of drug-likeness (QED) is 0.929. The molecule has 4 heteroatoms. The van der Waals surface area contributed by atoms with Crippen molar-refractivity contribution >= 4 is 15.9 Å². The van der Waals surface area contributed by atoms with Crippen LogP contribution in [0, 0.1) is 0 Å². The molecule has 0 radical (unpaired) electrons. The standard InChI is InChI=1S/C13H19BrN2O/c1-10(16-6-8-17-9-7-16)13(15)11-2-4-12(14)5-3-11/h2-5,10,13H,6-9,15H2,1H3/t10-,13-/m0/s1. The second kappa shape index (κ2) is 5.96. The molecule has 2 N–H and O–H groups in total. The number of nitrogens with zero attached hydrogens (tertiary/aromatic N) is 1. The maximum absolute atomic E-state index is 6.32. The number of ether oxygens (including phenoxy) is 1. The Bertz CT molecular complexity index is 349. The van der Waals surface area contributed by atoms with Gasteiger partial charge in [-0.3, -0.25) is 4.90 Å². The molecule has 1 aromatic carbocycles. The summed E-state index contributed by atoms with van der Waals surface area (Å²) < 4.78 is 6.45. The summed E-state index contributed by atoms with van der Waals surface area (Å²) in [7, 11) is 0. The fourth-order valence-electron chi connectivity index (χ4n) is 2.18. The highest BCUT2D eigenvalue weighted by Gasteiger charge is 2.23. The van der Waals surface area contributed by atoms with Gasteiger partial charge in [-0.2, -0.15) is 0 Å². The lowest BCUT2D eigenvalue weighted by Gasteiger charge is -2.35. The van der Waals surface area contributed by atoms with Crippen LogP contribution in [-0.4, -0.2) is 37.2 Å². The van der Waals surface area contributed by atoms with Gasteiger partial charge in [-0.05, 0) is 24.6 Å². The molecule has 1 aliphatic heterocycles. The number of hydrogen-bond acceptors (Lipinski definition) is 3. The third-order valence-electron chi connectivity index (χ3n) is 3.40. The van der Waals surface area contributed by atoms with E-state index in [1.165, 1.54) is 5.56 Å². The summed E-state index contributed by atoms with van der Waals surface area (Å²) in [6.07, 6.45) is 0. The lowest BCUT2D eigenvalue weighted by molar-refractivity contribution is 0.0150. The fourth-order valence-corrected chi connectivity index (χ4v) is 2.44. The number of halogens is 1. The molecule has 0 unspecified atom stereocenters. The predicted molar refractivity (Wildman–Crippen MR) is 72.9 cm³/mol. The lowest BCUT2D eigenvalue weighted by atomic mass is 10.00. The molecule has 0 aliphatic carbocycles. The normalized spacial score (nSPS) is 21.1. The molecule has 1 aromatic rings. The Morgan fingerprint density at radius 1 is 1.24 bits per heavy atom. The molecule has 1 aliphatic rings. The minimum absolute atomic E-state index is 0.0567. The van der Waals surface area contributed by atoms with Crippen molar-refractivity contribution in [2.24, 2.45) is 5.73 Å². The molecule has 1 heterocycles. The number of nitrogens with two attached hydrogens (primary N) is 1. The van der Waals surface area contributed by atoms with E-state index in [2.05, 4.69) is 39.9 Å². The molecule has 2 atom stereocenters. The van der Waals surface area contributed by atoms with Crippen molar-refractivity contribution in [3.05, 3.63) is 34.3 Å². The summed E-state index contributed by atoms with van der Waals surface area (Å²) in [6.45, 7) is 5.78. The van der Waals surface area contributed by atoms with Gasteiger partial charge in [0.05, 0.1) is 13.2 Å². The highest BCUT2D eigenvalue weighted by molar-refractivity contribution is 9.10. The van der Waals surface area contributed by atoms with E-state index in [4.69, 9.17) is 10.5 Å². The van der Waals surface area contributed by atoms with Gasteiger partial charge in [-0.15, -0.1) is 0 Å². The summed E-state index contributed by atoms with van der Waals surface area (Å²) in [5, 5.41) is 0. The lowest BCUT2D eigenvalue weighted by Crippen LogP contribution is -2.46. The van der Waals surface area contributed by atoms with E-state index in [0.29, 0.717) is 6.04 Å². The van der Waals surface area contributed by atoms with Gasteiger partial charge in [0.15, 0.2) is 0 Å². The van der Waals surface area contributed by atoms with Crippen LogP contribution in [0.4, 0.5) is 0 Å². The van der Waals surface area contributed by atoms with Gasteiger partial charge in [-0.25, -0.2) is 0 Å². The van der Waals surface area contributed by atoms with Gasteiger partial charge in [0.25, 0.3) is 0 Å². The Morgan fingerprint density at radius 2 is 1.82 bits per heavy atom. The van der Waals surface area contributed by atoms with E-state index in [1.807, 2.05) is 12.1 Å². The second-order valence-electron chi connectivity index (χ2n) is 4.47. The molecule has 0 aromatic heterocycles. The van der Waals surface area contributed by atoms with Crippen LogP contribution in [0.15, 0.2) is 28.7 Å². The minimum atomic E-state index is 0.0567. The van der Waals surface area contributed by atoms with Gasteiger partial charge >= 0.3 is 0 Å². The van der Waals surface area contributed by atoms with E-state index >= 15 is 0 Å². The zero-order chi connectivity index (χ0) is 12.3. The van der Waals surface area contributed by atoms with Crippen LogP contribution < -0.4 is 5.73 Å². The maximum Gasteiger partial charge on any atom is 0.0594 e. The molecule has 2 rings (SSSR count). The fraction of sp³-hybridized carbons (Fsp3) is 0.538. The van der Waals surface area contributed by atoms with E-state index in [-0.39, 0.29) is 6.04 Å². The average molecular weight is 299 g/mol. The first-order valence-electron chi connectivity index (χ1n) is 6.01. The van der Waals surface area contributed by atoms with E-state index in [0.717, 1.165) is 30.8 Å². The SMILES string of the molecule is C[C@@H]([C@H](N)c1ccc(Br)cc1)N1CCOCC1. The largest absolute Gasteiger partial charge is 0.379 e. The van der Waals surface area contributed by atoms with Gasteiger partial charge < -0.3 is 10.5 Å². The van der Waals surface area contributed by atoms with Gasteiger partial charge in [-0.1, -0.05) is 28.1 Å². The van der Waals surface area contributed by atoms with Crippen molar-refractivity contribution in [3.63, 3.8) is 0 Å². The molecule has 94 valence electrons. The molecule has 0 spiro atoms. The second-order valence-corrected chi connectivity index (χ2v) is 5.38. The van der Waals surface area contributed by atoms with Gasteiger partial charge in [0.1, 0.15) is 0 Å². The Morgan fingerprint density at radius 3 is 2.41 bits per heavy atom. The van der Waals surface area contributed by atoms with Crippen molar-refractivity contribution in [3.8, 4) is 0 Å². The van der Waals surface area contributed by atoms with E-state index < -0.39 is 0 Å². The zero-order valence-electron chi connectivity index (χ0n) is 10.1. The molecular weight excluding hydrogens is 280 g/mol. The molecular formula is C13H19BrN2O. The summed E-state index contributed by atoms with van der Waals surface area (Å²) in [5.41, 5.74) is 7.51. The Balaban J connectivity index is 2.02. The number of rotatable bonds is 3. The topological polar surface area (TPSA) is 38.5 Å². The maximum atomic E-state index is 6.32. The number of morpholine rings is 1. The molecule has 1 fully saturated rings. The number of benzene rings is 1. The van der Waals surface area contributed by atoms with Crippen LogP contribution in [0.2, 0.25) is 0 Å². The Hall–Kier alpha value is -0.420. The summed E-state index contributed by atoms with van der Waals surface area (Å²) in [4.78, 5) is 2.40. The van der Waals surface area contributed by atoms with Crippen LogP contribution >= 0.6 is 15.9 Å². The van der Waals surface area contributed by atoms with Crippen molar-refractivity contribution < 1.29 is 4.74 Å². The first-order valence-corrected chi connectivity index (χ1v) is 6.80. The van der Waals surface area contributed by atoms with Crippen LogP contribution in [0.3, 0.4) is 0 Å². The van der Waals surface area contributed by atoms with Crippen LogP contribution in [0.1, 0.15) is 18.5 Å². The molecule has 0 saturated carbocycles. The first-order chi connectivity index (χ1) is 8.18. The minimum Gasteiger partial charge on any atom is -0.379 e. The van der Waals surface area contributed by atoms with Gasteiger partial charge in [0.2, 0.25) is 0 Å². The highest BCUT2D eigenvalue weighted by Crippen LogP contribution is 2.21. The molecule has 1 saturated heterocycles. The Labute approximate surface area is 111 Å². The number of hydrogen-bond donors (Lipinski definition) is 1. The van der Waals surface area contributed by atoms with Crippen molar-refractivity contribution in [2.75, 3.05) is 26.3 Å². The third-order valence-corrected chi connectivity index (χ3v) is 3.92. The smallest absolute Gasteiger partial charge is 0.0594 e. The van der Waals surface area contributed by atoms with E-state index in [1.54, 1.807) is 0 Å². The van der Waals surface area contributed by atoms with Crippen LogP contribution in [0.25, 0.3) is 0 Å². The highest BCUT2D eigenvalue weighted by atomic mass is 79.9. The van der Waals surface area contributed by atoms with Crippen molar-refractivity contribution in [1.29, 1.82) is 0 Å². The van der Waals surface area contributed by atoms with Crippen LogP contribution in [-0.2, 0) is 4.74 Å². The van der Waals surface area contributed by atoms with Gasteiger partial charge in [0, 0.05) is 29.6 Å². The monoisotopic (exact) mass is 298 g/mol. The van der Waals surface area contributed by atoms with Crippen molar-refractivity contribution in [1.82, 2.24) is 4.90 Å². The Kier molecular flexibility index (Phi) is 4.56. The molecule has 0 bridgehead atoms. The molecule has 3 nitrogen and oxygen atoms in total. The third kappa shape index (κ3) is 3.28. The van der Waals surface area contributed by atoms with Crippen LogP contribution in [0.5, 0.6) is 0 Å². The molecule has 0 amide bonds. The summed E-state index contributed by atoms with van der Waals surface area (Å²) in [6, 6.07) is 8.67. The predicted octanol–water partition coefficient (Wildman–Crippen LogP) is 2.17. The van der Waals surface area contributed by atoms with E-state index in [9.17, 15) is 0 Å². The summed E-state index contributed by atoms with van der Waals surface area (Å²) >= 11 is 3.44. The van der Waals surface area contributed by atoms with Crippen molar-refractivity contribution in [2.45, 2.75) is 19.0 Å². The zero-order valence-corrected chi connectivity index (χ0v) is 11.7. The summed E-state index contributed by atoms with van der Waals surface area (Å²) in [5.74, 6) is 0. The average Bonchev–Trinajstić information content (AvgIpc) is 2.39. The first kappa shape index (κ1) is 13.0.